The molecular weight excluding hydrogens is 699 g/mol. The molecule has 0 spiro atoms. The zero-order chi connectivity index (χ0) is 22.2. The monoisotopic (exact) mass is 726 g/mol. The molecule has 0 rings (SSSR count). The second-order valence-corrected chi connectivity index (χ2v) is 12.9. The molecule has 0 heterocycles. The summed E-state index contributed by atoms with van der Waals surface area (Å²) >= 11 is 0. The van der Waals surface area contributed by atoms with E-state index >= 15 is 0 Å². The Labute approximate surface area is 455 Å². The van der Waals surface area contributed by atoms with Crippen molar-refractivity contribution < 1.29 is 366 Å². The molecule has 0 aliphatic heterocycles. The van der Waals surface area contributed by atoms with Gasteiger partial charge in [0.25, 0.3) is 0 Å². The number of unbranched alkanes of at least 4 members (excludes halogenated alkanes) is 3. The number of nitrogens with zero attached hydrogens (tertiary/aromatic N) is 2. The average Bonchev–Trinajstić information content (AvgIpc) is 2.34. The van der Waals surface area contributed by atoms with Crippen LogP contribution in [0, 0.1) is 0 Å². The van der Waals surface area contributed by atoms with Gasteiger partial charge in [-0.05, 0) is 25.9 Å². The van der Waals surface area contributed by atoms with Crippen LogP contribution in [0.5, 0.6) is 0 Å². The van der Waals surface area contributed by atoms with Gasteiger partial charge < -0.3 is 39.1 Å². The van der Waals surface area contributed by atoms with Crippen molar-refractivity contribution in [3.63, 3.8) is 0 Å². The van der Waals surface area contributed by atoms with Crippen LogP contribution in [0.15, 0.2) is 0 Å². The van der Waals surface area contributed by atoms with E-state index in [2.05, 4.69) is 0 Å². The van der Waals surface area contributed by atoms with Crippen LogP contribution in [0.4, 0.5) is 0 Å². The van der Waals surface area contributed by atoms with Gasteiger partial charge in [-0.1, -0.05) is 12.8 Å². The molecule has 14 nitrogen and oxygen atoms in total. The molecule has 0 amide bonds. The Bertz CT molecular complexity index is 570. The topological polar surface area (TPSA) is 237 Å². The Hall–Kier alpha value is 10.3. The summed E-state index contributed by atoms with van der Waals surface area (Å²) < 4.78 is 44.1. The summed E-state index contributed by atoms with van der Waals surface area (Å²) in [7, 11) is -18.0. The van der Waals surface area contributed by atoms with Gasteiger partial charge in [-0.25, -0.2) is 0 Å². The summed E-state index contributed by atoms with van der Waals surface area (Å²) in [5, 5.41) is 0. The maximum Gasteiger partial charge on any atom is 1.00 e. The van der Waals surface area contributed by atoms with Gasteiger partial charge in [-0.3, -0.25) is 28.1 Å². The normalized spacial score (nSPS) is 11.7. The first-order valence-corrected chi connectivity index (χ1v) is 15.2. The Balaban J connectivity index is -0.000000243. The summed E-state index contributed by atoms with van der Waals surface area (Å²) in [6.07, 6.45) is -1.55. The molecule has 0 aromatic rings. The molecule has 34 heavy (non-hydrogen) atoms. The van der Waals surface area contributed by atoms with Gasteiger partial charge in [0.05, 0.1) is 0 Å². The molecule has 0 aliphatic rings. The zero-order valence-corrected chi connectivity index (χ0v) is 43.3. The number of hydrogen-bond acceptors (Lipinski definition) is 6. The summed E-state index contributed by atoms with van der Waals surface area (Å²) in [4.78, 5) is 73.6. The SMILES string of the molecule is O=P(O)(O)CN(CCCCCCN(CP(=O)(O)O)CP(=O)(O)O)CP(=O)(O)O.[K+].[K+].[K+].[K+].[K+].[K+]. The summed E-state index contributed by atoms with van der Waals surface area (Å²) in [5.74, 6) is 0. The molecular formula is C10H28K6N2O12P4+6. The Morgan fingerprint density at radius 2 is 0.559 bits per heavy atom. The molecule has 0 aliphatic carbocycles. The van der Waals surface area contributed by atoms with Crippen molar-refractivity contribution in [2.24, 2.45) is 0 Å². The van der Waals surface area contributed by atoms with E-state index in [0.29, 0.717) is 25.7 Å². The maximum atomic E-state index is 11.0. The maximum absolute atomic E-state index is 11.0. The van der Waals surface area contributed by atoms with Crippen LogP contribution in [0.2, 0.25) is 0 Å². The van der Waals surface area contributed by atoms with E-state index in [1.165, 1.54) is 0 Å². The Morgan fingerprint density at radius 1 is 0.382 bits per heavy atom. The van der Waals surface area contributed by atoms with Gasteiger partial charge in [0.15, 0.2) is 0 Å². The van der Waals surface area contributed by atoms with Crippen LogP contribution in [-0.4, -0.2) is 87.2 Å². The van der Waals surface area contributed by atoms with Crippen LogP contribution < -0.4 is 308 Å². The third-order valence-electron chi connectivity index (χ3n) is 3.24. The van der Waals surface area contributed by atoms with Crippen LogP contribution in [-0.2, 0) is 18.3 Å². The smallest absolute Gasteiger partial charge is 0.324 e. The minimum atomic E-state index is -4.49. The molecule has 0 unspecified atom stereocenters. The van der Waals surface area contributed by atoms with E-state index in [0.717, 1.165) is 9.80 Å². The molecule has 0 atom stereocenters. The molecule has 0 fully saturated rings. The molecule has 170 valence electrons. The number of hydrogen-bond donors (Lipinski definition) is 8. The fourth-order valence-corrected chi connectivity index (χ4v) is 5.80. The minimum absolute atomic E-state index is 0. The van der Waals surface area contributed by atoms with Crippen molar-refractivity contribution in [3.8, 4) is 0 Å². The van der Waals surface area contributed by atoms with Gasteiger partial charge in [0.2, 0.25) is 0 Å². The van der Waals surface area contributed by atoms with Crippen LogP contribution in [0.25, 0.3) is 0 Å². The van der Waals surface area contributed by atoms with E-state index in [1.54, 1.807) is 0 Å². The second-order valence-electron chi connectivity index (χ2n) is 6.43. The molecule has 8 N–H and O–H groups in total. The first kappa shape index (κ1) is 59.7. The predicted octanol–water partition coefficient (Wildman–Crippen LogP) is -18.3. The summed E-state index contributed by atoms with van der Waals surface area (Å²) in [6, 6.07) is 0. The molecule has 0 aromatic heterocycles. The van der Waals surface area contributed by atoms with Crippen molar-refractivity contribution in [2.45, 2.75) is 25.7 Å². The fraction of sp³-hybridized carbons (Fsp3) is 1.00. The quantitative estimate of drug-likeness (QED) is 0.0445. The van der Waals surface area contributed by atoms with Gasteiger partial charge in [0, 0.05) is 0 Å². The third-order valence-corrected chi connectivity index (χ3v) is 6.31. The fourth-order valence-electron chi connectivity index (χ4n) is 2.44. The third kappa shape index (κ3) is 46.8. The Morgan fingerprint density at radius 3 is 0.706 bits per heavy atom. The van der Waals surface area contributed by atoms with Crippen molar-refractivity contribution in [1.82, 2.24) is 9.80 Å². The summed E-state index contributed by atoms with van der Waals surface area (Å²) in [6.45, 7) is 0.0375. The van der Waals surface area contributed by atoms with Gasteiger partial charge in [-0.15, -0.1) is 0 Å². The zero-order valence-electron chi connectivity index (χ0n) is 21.0. The standard InChI is InChI=1S/C10H28N2O12P4.6K/c13-25(14,15)7-11(8-26(16,17)18)5-3-1-2-4-6-12(9-27(19,20)21)10-28(22,23)24;;;;;;/h1-10H2,(H2,13,14,15)(H2,16,17,18)(H2,19,20,21)(H2,22,23,24);;;;;;/q;6*+1. The first-order valence-electron chi connectivity index (χ1n) is 7.99. The molecule has 0 radical (unpaired) electrons. The molecule has 0 bridgehead atoms. The Kier molecular flexibility index (Phi) is 53.9. The average molecular weight is 727 g/mol. The summed E-state index contributed by atoms with van der Waals surface area (Å²) in [5.41, 5.74) is 0. The predicted molar refractivity (Wildman–Crippen MR) is 99.5 cm³/mol. The molecule has 0 saturated heterocycles. The molecule has 0 aromatic carbocycles. The van der Waals surface area contributed by atoms with Crippen molar-refractivity contribution in [2.75, 3.05) is 38.2 Å². The van der Waals surface area contributed by atoms with Crippen molar-refractivity contribution in [1.29, 1.82) is 0 Å². The van der Waals surface area contributed by atoms with E-state index < -0.39 is 55.5 Å². The van der Waals surface area contributed by atoms with Gasteiger partial charge in [-0.2, -0.15) is 0 Å². The van der Waals surface area contributed by atoms with E-state index in [4.69, 9.17) is 39.1 Å². The van der Waals surface area contributed by atoms with Gasteiger partial charge >= 0.3 is 339 Å². The van der Waals surface area contributed by atoms with Gasteiger partial charge in [0.1, 0.15) is 25.1 Å². The molecule has 0 saturated carbocycles. The van der Waals surface area contributed by atoms with Crippen LogP contribution >= 0.6 is 30.4 Å². The minimum Gasteiger partial charge on any atom is -0.324 e. The first-order chi connectivity index (χ1) is 12.4. The largest absolute Gasteiger partial charge is 1.00 e. The van der Waals surface area contributed by atoms with E-state index in [1.807, 2.05) is 0 Å². The van der Waals surface area contributed by atoms with Crippen molar-refractivity contribution in [3.05, 3.63) is 0 Å². The molecule has 24 heteroatoms. The van der Waals surface area contributed by atoms with Crippen LogP contribution in [0.3, 0.4) is 0 Å². The number of rotatable bonds is 15. The van der Waals surface area contributed by atoms with Crippen molar-refractivity contribution >= 4 is 30.4 Å². The second kappa shape index (κ2) is 30.7. The van der Waals surface area contributed by atoms with Crippen LogP contribution in [0.1, 0.15) is 25.7 Å². The van der Waals surface area contributed by atoms with E-state index in [9.17, 15) is 18.3 Å². The van der Waals surface area contributed by atoms with E-state index in [-0.39, 0.29) is 321 Å².